The largest absolute Gasteiger partial charge is 0.335 e. The molecule has 1 aliphatic heterocycles. The minimum absolute atomic E-state index is 0.228. The summed E-state index contributed by atoms with van der Waals surface area (Å²) < 4.78 is 69.7. The van der Waals surface area contributed by atoms with Crippen LogP contribution in [0.15, 0.2) is 94.2 Å². The van der Waals surface area contributed by atoms with Crippen LogP contribution in [0.5, 0.6) is 0 Å². The Balaban J connectivity index is 1.34. The van der Waals surface area contributed by atoms with Crippen LogP contribution < -0.4 is 9.47 Å². The van der Waals surface area contributed by atoms with Gasteiger partial charge in [0, 0.05) is 27.9 Å². The summed E-state index contributed by atoms with van der Waals surface area (Å²) in [4.78, 5) is 3.14. The van der Waals surface area contributed by atoms with Crippen LogP contribution in [0.4, 0.5) is 5.69 Å². The maximum absolute atomic E-state index is 11.6. The molecule has 2 N–H and O–H groups in total. The van der Waals surface area contributed by atoms with Gasteiger partial charge in [-0.3, -0.25) is 9.11 Å². The van der Waals surface area contributed by atoms with Crippen molar-refractivity contribution in [1.29, 1.82) is 0 Å². The van der Waals surface area contributed by atoms with Gasteiger partial charge in [0.1, 0.15) is 4.70 Å². The van der Waals surface area contributed by atoms with Gasteiger partial charge in [0.15, 0.2) is 6.54 Å². The monoisotopic (exact) mass is 709 g/mol. The van der Waals surface area contributed by atoms with Crippen LogP contribution >= 0.6 is 34.4 Å². The maximum Gasteiger partial charge on any atom is 0.265 e. The Hall–Kier alpha value is -3.30. The average Bonchev–Trinajstić information content (AvgIpc) is 3.72. The molecule has 0 saturated carbocycles. The number of nitrogens with zero attached hydrogens (tertiary/aromatic N) is 2. The molecule has 13 heteroatoms. The van der Waals surface area contributed by atoms with Crippen LogP contribution in [0.1, 0.15) is 17.8 Å². The SMILES string of the molecule is O=S(=O)(O)CCCN1C(=Cc2sc3ccc4ccccc4c3[n+]2CCCS(=O)(=O)O)Sc2ccc(-c3cccc4sccc34)cc21. The lowest BCUT2D eigenvalue weighted by molar-refractivity contribution is -0.667. The van der Waals surface area contributed by atoms with Gasteiger partial charge in [-0.25, -0.2) is 0 Å². The number of fused-ring (bicyclic) bond motifs is 5. The summed E-state index contributed by atoms with van der Waals surface area (Å²) in [5.74, 6) is -0.699. The molecule has 0 aliphatic carbocycles. The molecule has 0 bridgehead atoms. The molecular formula is C33H29N2O6S5+. The number of thiophene rings is 1. The van der Waals surface area contributed by atoms with E-state index in [1.807, 2.05) is 18.2 Å². The van der Waals surface area contributed by atoms with Crippen molar-refractivity contribution in [3.63, 3.8) is 0 Å². The fraction of sp³-hybridized carbons (Fsp3) is 0.182. The summed E-state index contributed by atoms with van der Waals surface area (Å²) >= 11 is 4.88. The lowest BCUT2D eigenvalue weighted by atomic mass is 10.0. The van der Waals surface area contributed by atoms with Crippen LogP contribution in [-0.2, 0) is 26.8 Å². The molecule has 0 atom stereocenters. The summed E-state index contributed by atoms with van der Waals surface area (Å²) in [6, 6.07) is 26.9. The zero-order valence-corrected chi connectivity index (χ0v) is 28.4. The van der Waals surface area contributed by atoms with E-state index in [0.717, 1.165) is 52.7 Å². The average molecular weight is 710 g/mol. The van der Waals surface area contributed by atoms with Crippen LogP contribution in [-0.4, -0.2) is 44.0 Å². The Morgan fingerprint density at radius 1 is 0.804 bits per heavy atom. The number of benzene rings is 4. The van der Waals surface area contributed by atoms with E-state index in [1.54, 1.807) is 34.4 Å². The second-order valence-corrected chi connectivity index (χ2v) is 17.3. The highest BCUT2D eigenvalue weighted by Crippen LogP contribution is 2.49. The fourth-order valence-electron chi connectivity index (χ4n) is 5.97. The van der Waals surface area contributed by atoms with Crippen molar-refractivity contribution in [1.82, 2.24) is 0 Å². The number of thiazole rings is 1. The van der Waals surface area contributed by atoms with E-state index < -0.39 is 20.2 Å². The maximum atomic E-state index is 11.6. The summed E-state index contributed by atoms with van der Waals surface area (Å²) in [6.45, 7) is 0.746. The predicted octanol–water partition coefficient (Wildman–Crippen LogP) is 7.69. The quantitative estimate of drug-likeness (QED) is 0.110. The first kappa shape index (κ1) is 31.3. The van der Waals surface area contributed by atoms with Gasteiger partial charge in [-0.05, 0) is 64.7 Å². The van der Waals surface area contributed by atoms with Crippen molar-refractivity contribution in [2.24, 2.45) is 0 Å². The van der Waals surface area contributed by atoms with Crippen molar-refractivity contribution in [3.05, 3.63) is 94.3 Å². The molecule has 7 rings (SSSR count). The minimum Gasteiger partial charge on any atom is -0.335 e. The Morgan fingerprint density at radius 2 is 1.61 bits per heavy atom. The topological polar surface area (TPSA) is 116 Å². The molecular weight excluding hydrogens is 681 g/mol. The Labute approximate surface area is 279 Å². The van der Waals surface area contributed by atoms with Crippen LogP contribution in [0.25, 0.3) is 48.3 Å². The first-order chi connectivity index (χ1) is 22.0. The standard InChI is InChI=1S/C33H28N2O6S5/c36-45(37,38)18-4-15-34-27-20-23(24-8-3-9-28-26(24)14-17-42-28)11-12-29(27)43-31(34)21-32-35(16-5-19-46(39,40)41)33-25-7-2-1-6-22(25)10-13-30(33)44-32/h1-3,6-14,17,20-21H,4-5,15-16,18-19H2,(H-,36,37,38,39,40,41)/p+1. The lowest BCUT2D eigenvalue weighted by Crippen LogP contribution is -2.36. The molecule has 46 heavy (non-hydrogen) atoms. The molecule has 8 nitrogen and oxygen atoms in total. The molecule has 0 fully saturated rings. The highest BCUT2D eigenvalue weighted by molar-refractivity contribution is 8.04. The molecule has 2 aromatic heterocycles. The van der Waals surface area contributed by atoms with Gasteiger partial charge in [-0.2, -0.15) is 21.4 Å². The zero-order valence-electron chi connectivity index (χ0n) is 24.4. The van der Waals surface area contributed by atoms with Crippen molar-refractivity contribution >= 4 is 97.5 Å². The van der Waals surface area contributed by atoms with Gasteiger partial charge in [-0.1, -0.05) is 65.6 Å². The Kier molecular flexibility index (Phi) is 8.42. The third-order valence-corrected chi connectivity index (χ3v) is 12.7. The Bertz CT molecular complexity index is 2380. The number of anilines is 1. The smallest absolute Gasteiger partial charge is 0.265 e. The van der Waals surface area contributed by atoms with Crippen LogP contribution in [0.3, 0.4) is 0 Å². The van der Waals surface area contributed by atoms with Crippen LogP contribution in [0, 0.1) is 0 Å². The summed E-state index contributed by atoms with van der Waals surface area (Å²) in [5.41, 5.74) is 4.13. The van der Waals surface area contributed by atoms with Crippen LogP contribution in [0.2, 0.25) is 0 Å². The van der Waals surface area contributed by atoms with Gasteiger partial charge in [0.25, 0.3) is 25.2 Å². The Morgan fingerprint density at radius 3 is 2.43 bits per heavy atom. The van der Waals surface area contributed by atoms with Gasteiger partial charge in [0.2, 0.25) is 5.52 Å². The minimum atomic E-state index is -4.13. The molecule has 0 unspecified atom stereocenters. The third-order valence-electron chi connectivity index (χ3n) is 7.97. The molecule has 0 amide bonds. The molecule has 0 radical (unpaired) electrons. The number of aryl methyl sites for hydroxylation is 1. The van der Waals surface area contributed by atoms with Gasteiger partial charge in [-0.15, -0.1) is 11.3 Å². The highest BCUT2D eigenvalue weighted by Gasteiger charge is 2.29. The number of hydrogen-bond acceptors (Lipinski definition) is 8. The molecule has 1 aliphatic rings. The molecule has 0 saturated heterocycles. The highest BCUT2D eigenvalue weighted by atomic mass is 32.2. The van der Waals surface area contributed by atoms with Gasteiger partial charge >= 0.3 is 0 Å². The molecule has 236 valence electrons. The number of rotatable bonds is 10. The number of thioether (sulfide) groups is 1. The number of hydrogen-bond donors (Lipinski definition) is 2. The van der Waals surface area contributed by atoms with Gasteiger partial charge < -0.3 is 4.90 Å². The van der Waals surface area contributed by atoms with E-state index in [1.165, 1.54) is 10.1 Å². The molecule has 4 aromatic carbocycles. The molecule has 0 spiro atoms. The van der Waals surface area contributed by atoms with Crippen molar-refractivity contribution < 1.29 is 30.5 Å². The van der Waals surface area contributed by atoms with Crippen molar-refractivity contribution in [2.75, 3.05) is 23.0 Å². The van der Waals surface area contributed by atoms with E-state index in [-0.39, 0.29) is 24.3 Å². The summed E-state index contributed by atoms with van der Waals surface area (Å²) in [6.07, 6.45) is 2.54. The second kappa shape index (κ2) is 12.4. The first-order valence-electron chi connectivity index (χ1n) is 14.6. The molecule has 3 heterocycles. The van der Waals surface area contributed by atoms with E-state index in [0.29, 0.717) is 13.1 Å². The number of aromatic nitrogens is 1. The van der Waals surface area contributed by atoms with E-state index >= 15 is 0 Å². The third kappa shape index (κ3) is 6.45. The van der Waals surface area contributed by atoms with E-state index in [9.17, 15) is 25.9 Å². The predicted molar refractivity (Wildman–Crippen MR) is 190 cm³/mol. The van der Waals surface area contributed by atoms with E-state index in [2.05, 4.69) is 81.6 Å². The molecule has 6 aromatic rings. The van der Waals surface area contributed by atoms with E-state index in [4.69, 9.17) is 0 Å². The van der Waals surface area contributed by atoms with Crippen molar-refractivity contribution in [2.45, 2.75) is 24.3 Å². The first-order valence-corrected chi connectivity index (χ1v) is 20.3. The summed E-state index contributed by atoms with van der Waals surface area (Å²) in [7, 11) is -8.25. The second-order valence-electron chi connectivity index (χ2n) is 11.1. The fourth-order valence-corrected chi connectivity index (χ4v) is 10.1. The normalized spacial score (nSPS) is 14.7. The lowest BCUT2D eigenvalue weighted by Gasteiger charge is -2.20. The van der Waals surface area contributed by atoms with Crippen molar-refractivity contribution in [3.8, 4) is 11.1 Å². The zero-order chi connectivity index (χ0) is 32.1. The summed E-state index contributed by atoms with van der Waals surface area (Å²) in [5, 5.41) is 7.18. The van der Waals surface area contributed by atoms with Gasteiger partial charge in [0.05, 0.1) is 33.7 Å².